The molecule has 0 radical (unpaired) electrons. The molecule has 21 heavy (non-hydrogen) atoms. The SMILES string of the molecule is COC(=O)c1ccc(NC2CC(C)(C)OC2(C)C)c(C)c1. The molecule has 1 aromatic carbocycles. The van der Waals surface area contributed by atoms with Crippen LogP contribution >= 0.6 is 0 Å². The summed E-state index contributed by atoms with van der Waals surface area (Å²) in [5, 5.41) is 3.56. The van der Waals surface area contributed by atoms with E-state index in [1.54, 1.807) is 6.07 Å². The zero-order valence-electron chi connectivity index (χ0n) is 13.7. The molecule has 0 spiro atoms. The van der Waals surface area contributed by atoms with E-state index in [9.17, 15) is 4.79 Å². The minimum atomic E-state index is -0.310. The molecule has 1 fully saturated rings. The lowest BCUT2D eigenvalue weighted by Crippen LogP contribution is -2.38. The maximum absolute atomic E-state index is 11.5. The first kappa shape index (κ1) is 15.8. The Labute approximate surface area is 126 Å². The molecule has 1 atom stereocenters. The van der Waals surface area contributed by atoms with Gasteiger partial charge in [0.25, 0.3) is 0 Å². The number of esters is 1. The summed E-state index contributed by atoms with van der Waals surface area (Å²) in [5.41, 5.74) is 2.28. The van der Waals surface area contributed by atoms with Crippen LogP contribution in [0.1, 0.15) is 50.0 Å². The standard InChI is InChI=1S/C17H25NO3/c1-11-9-12(15(19)20-6)7-8-13(11)18-14-10-16(2,3)21-17(14,4)5/h7-9,14,18H,10H2,1-6H3. The molecule has 1 aliphatic rings. The minimum absolute atomic E-state index is 0.124. The second kappa shape index (κ2) is 5.34. The lowest BCUT2D eigenvalue weighted by molar-refractivity contribution is -0.0662. The van der Waals surface area contributed by atoms with Crippen LogP contribution in [0.5, 0.6) is 0 Å². The Morgan fingerprint density at radius 1 is 1.33 bits per heavy atom. The molecule has 4 nitrogen and oxygen atoms in total. The number of methoxy groups -OCH3 is 1. The largest absolute Gasteiger partial charge is 0.465 e. The number of carbonyl (C=O) groups excluding carboxylic acids is 1. The van der Waals surface area contributed by atoms with E-state index in [1.165, 1.54) is 7.11 Å². The van der Waals surface area contributed by atoms with Gasteiger partial charge in [0.2, 0.25) is 0 Å². The van der Waals surface area contributed by atoms with Crippen molar-refractivity contribution in [3.63, 3.8) is 0 Å². The summed E-state index contributed by atoms with van der Waals surface area (Å²) in [5.74, 6) is -0.310. The summed E-state index contributed by atoms with van der Waals surface area (Å²) in [7, 11) is 1.39. The van der Waals surface area contributed by atoms with Crippen molar-refractivity contribution in [1.82, 2.24) is 0 Å². The molecule has 0 aliphatic carbocycles. The Morgan fingerprint density at radius 2 is 2.00 bits per heavy atom. The Morgan fingerprint density at radius 3 is 2.48 bits per heavy atom. The topological polar surface area (TPSA) is 47.6 Å². The van der Waals surface area contributed by atoms with E-state index in [0.29, 0.717) is 5.56 Å². The Kier molecular flexibility index (Phi) is 4.02. The van der Waals surface area contributed by atoms with Gasteiger partial charge in [-0.1, -0.05) is 0 Å². The van der Waals surface area contributed by atoms with Gasteiger partial charge in [-0.25, -0.2) is 4.79 Å². The molecule has 1 aliphatic heterocycles. The zero-order valence-corrected chi connectivity index (χ0v) is 13.7. The van der Waals surface area contributed by atoms with Gasteiger partial charge in [-0.05, 0) is 64.8 Å². The van der Waals surface area contributed by atoms with Gasteiger partial charge in [0.1, 0.15) is 0 Å². The van der Waals surface area contributed by atoms with Crippen LogP contribution < -0.4 is 5.32 Å². The van der Waals surface area contributed by atoms with Crippen LogP contribution in [-0.4, -0.2) is 30.3 Å². The first-order valence-electron chi connectivity index (χ1n) is 7.30. The molecule has 0 saturated carbocycles. The molecular weight excluding hydrogens is 266 g/mol. The van der Waals surface area contributed by atoms with Crippen LogP contribution in [0, 0.1) is 6.92 Å². The summed E-state index contributed by atoms with van der Waals surface area (Å²) in [6.07, 6.45) is 0.943. The van der Waals surface area contributed by atoms with Gasteiger partial charge >= 0.3 is 5.97 Å². The lowest BCUT2D eigenvalue weighted by Gasteiger charge is -2.29. The van der Waals surface area contributed by atoms with Crippen molar-refractivity contribution < 1.29 is 14.3 Å². The number of hydrogen-bond acceptors (Lipinski definition) is 4. The number of nitrogens with one attached hydrogen (secondary N) is 1. The van der Waals surface area contributed by atoms with Gasteiger partial charge in [0.05, 0.1) is 29.9 Å². The number of ether oxygens (including phenoxy) is 2. The fourth-order valence-corrected chi connectivity index (χ4v) is 3.05. The number of rotatable bonds is 3. The van der Waals surface area contributed by atoms with Gasteiger partial charge in [-0.3, -0.25) is 0 Å². The van der Waals surface area contributed by atoms with E-state index in [0.717, 1.165) is 17.7 Å². The fraction of sp³-hybridized carbons (Fsp3) is 0.588. The highest BCUT2D eigenvalue weighted by molar-refractivity contribution is 5.90. The van der Waals surface area contributed by atoms with E-state index in [4.69, 9.17) is 9.47 Å². The van der Waals surface area contributed by atoms with E-state index < -0.39 is 0 Å². The zero-order chi connectivity index (χ0) is 15.8. The Balaban J connectivity index is 2.19. The second-order valence-corrected chi connectivity index (χ2v) is 6.89. The maximum Gasteiger partial charge on any atom is 0.337 e. The van der Waals surface area contributed by atoms with Crippen LogP contribution in [0.25, 0.3) is 0 Å². The van der Waals surface area contributed by atoms with Crippen molar-refractivity contribution in [2.45, 2.75) is 58.3 Å². The van der Waals surface area contributed by atoms with Crippen molar-refractivity contribution in [1.29, 1.82) is 0 Å². The minimum Gasteiger partial charge on any atom is -0.465 e. The smallest absolute Gasteiger partial charge is 0.337 e. The van der Waals surface area contributed by atoms with Crippen LogP contribution in [-0.2, 0) is 9.47 Å². The number of carbonyl (C=O) groups is 1. The van der Waals surface area contributed by atoms with E-state index in [1.807, 2.05) is 19.1 Å². The van der Waals surface area contributed by atoms with Gasteiger partial charge in [-0.15, -0.1) is 0 Å². The first-order chi connectivity index (χ1) is 9.64. The van der Waals surface area contributed by atoms with Crippen molar-refractivity contribution in [3.05, 3.63) is 29.3 Å². The molecule has 4 heteroatoms. The summed E-state index contributed by atoms with van der Waals surface area (Å²) < 4.78 is 10.8. The summed E-state index contributed by atoms with van der Waals surface area (Å²) in [6, 6.07) is 5.80. The Hall–Kier alpha value is -1.55. The first-order valence-corrected chi connectivity index (χ1v) is 7.30. The molecule has 1 aromatic rings. The van der Waals surface area contributed by atoms with E-state index >= 15 is 0 Å². The molecule has 2 rings (SSSR count). The maximum atomic E-state index is 11.5. The third-order valence-corrected chi connectivity index (χ3v) is 4.05. The van der Waals surface area contributed by atoms with Crippen molar-refractivity contribution in [2.24, 2.45) is 0 Å². The molecule has 0 bridgehead atoms. The van der Waals surface area contributed by atoms with Crippen LogP contribution in [0.2, 0.25) is 0 Å². The Bertz CT molecular complexity index is 549. The van der Waals surface area contributed by atoms with Crippen molar-refractivity contribution >= 4 is 11.7 Å². The summed E-state index contributed by atoms with van der Waals surface area (Å²) in [4.78, 5) is 11.5. The molecule has 1 saturated heterocycles. The molecule has 0 amide bonds. The molecule has 1 heterocycles. The predicted molar refractivity (Wildman–Crippen MR) is 83.8 cm³/mol. The van der Waals surface area contributed by atoms with Gasteiger partial charge in [0, 0.05) is 5.69 Å². The van der Waals surface area contributed by atoms with Crippen LogP contribution in [0.4, 0.5) is 5.69 Å². The third-order valence-electron chi connectivity index (χ3n) is 4.05. The highest BCUT2D eigenvalue weighted by atomic mass is 16.5. The van der Waals surface area contributed by atoms with Gasteiger partial charge < -0.3 is 14.8 Å². The number of hydrogen-bond donors (Lipinski definition) is 1. The lowest BCUT2D eigenvalue weighted by atomic mass is 9.94. The summed E-state index contributed by atoms with van der Waals surface area (Å²) in [6.45, 7) is 10.4. The quantitative estimate of drug-likeness (QED) is 0.865. The average molecular weight is 291 g/mol. The van der Waals surface area contributed by atoms with Crippen molar-refractivity contribution in [3.8, 4) is 0 Å². The highest BCUT2D eigenvalue weighted by Crippen LogP contribution is 2.39. The molecular formula is C17H25NO3. The number of benzene rings is 1. The number of aryl methyl sites for hydroxylation is 1. The average Bonchev–Trinajstić information content (AvgIpc) is 2.58. The normalized spacial score (nSPS) is 22.9. The van der Waals surface area contributed by atoms with E-state index in [2.05, 4.69) is 33.0 Å². The summed E-state index contributed by atoms with van der Waals surface area (Å²) >= 11 is 0. The molecule has 0 aromatic heterocycles. The number of anilines is 1. The van der Waals surface area contributed by atoms with Crippen LogP contribution in [0.3, 0.4) is 0 Å². The van der Waals surface area contributed by atoms with Gasteiger partial charge in [0.15, 0.2) is 0 Å². The van der Waals surface area contributed by atoms with E-state index in [-0.39, 0.29) is 23.2 Å². The molecule has 1 N–H and O–H groups in total. The third kappa shape index (κ3) is 3.38. The molecule has 116 valence electrons. The predicted octanol–water partition coefficient (Wildman–Crippen LogP) is 3.54. The molecule has 1 unspecified atom stereocenters. The van der Waals surface area contributed by atoms with Gasteiger partial charge in [-0.2, -0.15) is 0 Å². The highest BCUT2D eigenvalue weighted by Gasteiger charge is 2.45. The monoisotopic (exact) mass is 291 g/mol. The van der Waals surface area contributed by atoms with Crippen LogP contribution in [0.15, 0.2) is 18.2 Å². The van der Waals surface area contributed by atoms with Crippen molar-refractivity contribution in [2.75, 3.05) is 12.4 Å². The fourth-order valence-electron chi connectivity index (χ4n) is 3.05. The second-order valence-electron chi connectivity index (χ2n) is 6.89.